The smallest absolute Gasteiger partial charge is 0.150 e. The van der Waals surface area contributed by atoms with Gasteiger partial charge in [0.05, 0.1) is 5.02 Å². The first-order chi connectivity index (χ1) is 9.10. The average Bonchev–Trinajstić information content (AvgIpc) is 2.41. The topological polar surface area (TPSA) is 26.3 Å². The Morgan fingerprint density at radius 2 is 1.95 bits per heavy atom. The van der Waals surface area contributed by atoms with Crippen molar-refractivity contribution in [2.24, 2.45) is 0 Å². The second-order valence-corrected chi connectivity index (χ2v) is 5.04. The number of halogens is 1. The van der Waals surface area contributed by atoms with Crippen LogP contribution in [0, 0.1) is 0 Å². The number of carbonyl (C=O) groups excluding carboxylic acids is 1. The summed E-state index contributed by atoms with van der Waals surface area (Å²) < 4.78 is 5.75. The molecular weight excluding hydrogens is 260 g/mol. The molecule has 3 heteroatoms. The number of hydrogen-bond acceptors (Lipinski definition) is 2. The van der Waals surface area contributed by atoms with Crippen molar-refractivity contribution in [3.05, 3.63) is 58.6 Å². The SMILES string of the molecule is CC(C)c1cccc(Oc2ccc(C=O)cc2Cl)c1. The van der Waals surface area contributed by atoms with E-state index >= 15 is 0 Å². The lowest BCUT2D eigenvalue weighted by molar-refractivity contribution is 0.112. The molecule has 0 fully saturated rings. The number of aldehydes is 1. The highest BCUT2D eigenvalue weighted by Gasteiger charge is 2.06. The first-order valence-corrected chi connectivity index (χ1v) is 6.50. The molecule has 0 atom stereocenters. The van der Waals surface area contributed by atoms with Gasteiger partial charge in [0.2, 0.25) is 0 Å². The Morgan fingerprint density at radius 1 is 1.16 bits per heavy atom. The summed E-state index contributed by atoms with van der Waals surface area (Å²) in [5.74, 6) is 1.73. The monoisotopic (exact) mass is 274 g/mol. The van der Waals surface area contributed by atoms with Crippen molar-refractivity contribution in [3.8, 4) is 11.5 Å². The van der Waals surface area contributed by atoms with Gasteiger partial charge in [-0.15, -0.1) is 0 Å². The fourth-order valence-electron chi connectivity index (χ4n) is 1.74. The largest absolute Gasteiger partial charge is 0.456 e. The molecule has 2 nitrogen and oxygen atoms in total. The molecule has 0 spiro atoms. The minimum absolute atomic E-state index is 0.430. The zero-order valence-corrected chi connectivity index (χ0v) is 11.6. The van der Waals surface area contributed by atoms with Crippen LogP contribution in [0.1, 0.15) is 35.7 Å². The molecule has 0 aliphatic heterocycles. The number of hydrogen-bond donors (Lipinski definition) is 0. The van der Waals surface area contributed by atoms with Gasteiger partial charge in [0.25, 0.3) is 0 Å². The molecule has 0 saturated carbocycles. The van der Waals surface area contributed by atoms with Gasteiger partial charge in [-0.2, -0.15) is 0 Å². The van der Waals surface area contributed by atoms with Crippen LogP contribution in [0.25, 0.3) is 0 Å². The van der Waals surface area contributed by atoms with Gasteiger partial charge in [0.1, 0.15) is 17.8 Å². The first-order valence-electron chi connectivity index (χ1n) is 6.12. The lowest BCUT2D eigenvalue weighted by Crippen LogP contribution is -1.90. The van der Waals surface area contributed by atoms with Crippen LogP contribution >= 0.6 is 11.6 Å². The Bertz CT molecular complexity index is 591. The molecule has 19 heavy (non-hydrogen) atoms. The summed E-state index contributed by atoms with van der Waals surface area (Å²) in [6.45, 7) is 4.26. The Kier molecular flexibility index (Phi) is 4.23. The maximum Gasteiger partial charge on any atom is 0.150 e. The summed E-state index contributed by atoms with van der Waals surface area (Å²) in [6.07, 6.45) is 0.759. The molecule has 0 radical (unpaired) electrons. The van der Waals surface area contributed by atoms with Crippen LogP contribution in [0.4, 0.5) is 0 Å². The number of ether oxygens (including phenoxy) is 1. The Morgan fingerprint density at radius 3 is 2.58 bits per heavy atom. The summed E-state index contributed by atoms with van der Waals surface area (Å²) in [6, 6.07) is 12.9. The third kappa shape index (κ3) is 3.36. The van der Waals surface area contributed by atoms with E-state index in [0.29, 0.717) is 22.3 Å². The highest BCUT2D eigenvalue weighted by Crippen LogP contribution is 2.31. The van der Waals surface area contributed by atoms with E-state index in [0.717, 1.165) is 12.0 Å². The normalized spacial score (nSPS) is 10.5. The molecule has 0 unspecified atom stereocenters. The van der Waals surface area contributed by atoms with Crippen LogP contribution < -0.4 is 4.74 Å². The molecule has 0 amide bonds. The molecule has 0 saturated heterocycles. The molecule has 2 aromatic carbocycles. The maximum absolute atomic E-state index is 10.6. The van der Waals surface area contributed by atoms with Crippen molar-refractivity contribution in [1.29, 1.82) is 0 Å². The zero-order chi connectivity index (χ0) is 13.8. The van der Waals surface area contributed by atoms with Gasteiger partial charge >= 0.3 is 0 Å². The molecule has 0 bridgehead atoms. The first kappa shape index (κ1) is 13.6. The minimum atomic E-state index is 0.430. The number of rotatable bonds is 4. The van der Waals surface area contributed by atoms with Crippen molar-refractivity contribution in [2.45, 2.75) is 19.8 Å². The van der Waals surface area contributed by atoms with E-state index < -0.39 is 0 Å². The van der Waals surface area contributed by atoms with Crippen LogP contribution in [-0.2, 0) is 0 Å². The van der Waals surface area contributed by atoms with Crippen LogP contribution in [0.15, 0.2) is 42.5 Å². The van der Waals surface area contributed by atoms with Gasteiger partial charge < -0.3 is 4.74 Å². The van der Waals surface area contributed by atoms with E-state index in [2.05, 4.69) is 19.9 Å². The van der Waals surface area contributed by atoms with Crippen LogP contribution in [-0.4, -0.2) is 6.29 Å². The van der Waals surface area contributed by atoms with Crippen molar-refractivity contribution in [3.63, 3.8) is 0 Å². The molecule has 98 valence electrons. The Hall–Kier alpha value is -1.80. The molecule has 0 N–H and O–H groups in total. The minimum Gasteiger partial charge on any atom is -0.456 e. The summed E-state index contributed by atoms with van der Waals surface area (Å²) in [5.41, 5.74) is 1.74. The summed E-state index contributed by atoms with van der Waals surface area (Å²) in [7, 11) is 0. The molecule has 0 heterocycles. The van der Waals surface area contributed by atoms with Gasteiger partial charge in [-0.1, -0.05) is 37.6 Å². The van der Waals surface area contributed by atoms with Crippen LogP contribution in [0.5, 0.6) is 11.5 Å². The lowest BCUT2D eigenvalue weighted by Gasteiger charge is -2.11. The number of carbonyl (C=O) groups is 1. The van der Waals surface area contributed by atoms with E-state index in [1.807, 2.05) is 18.2 Å². The molecule has 0 aliphatic rings. The predicted molar refractivity (Wildman–Crippen MR) is 77.4 cm³/mol. The standard InChI is InChI=1S/C16H15ClO2/c1-11(2)13-4-3-5-14(9-13)19-16-7-6-12(10-18)8-15(16)17/h3-11H,1-2H3. The van der Waals surface area contributed by atoms with Crippen molar-refractivity contribution in [1.82, 2.24) is 0 Å². The van der Waals surface area contributed by atoms with Gasteiger partial charge in [-0.3, -0.25) is 4.79 Å². The summed E-state index contributed by atoms with van der Waals surface area (Å²) >= 11 is 6.08. The van der Waals surface area contributed by atoms with Gasteiger partial charge in [-0.05, 0) is 41.8 Å². The zero-order valence-electron chi connectivity index (χ0n) is 10.9. The van der Waals surface area contributed by atoms with Gasteiger partial charge in [-0.25, -0.2) is 0 Å². The van der Waals surface area contributed by atoms with E-state index in [1.54, 1.807) is 18.2 Å². The third-order valence-corrected chi connectivity index (χ3v) is 3.14. The maximum atomic E-state index is 10.6. The second-order valence-electron chi connectivity index (χ2n) is 4.64. The van der Waals surface area contributed by atoms with Crippen molar-refractivity contribution >= 4 is 17.9 Å². The molecule has 0 aliphatic carbocycles. The van der Waals surface area contributed by atoms with Gasteiger partial charge in [0, 0.05) is 5.56 Å². The Labute approximate surface area is 118 Å². The van der Waals surface area contributed by atoms with Gasteiger partial charge in [0.15, 0.2) is 0 Å². The summed E-state index contributed by atoms with van der Waals surface area (Å²) in [4.78, 5) is 10.6. The average molecular weight is 275 g/mol. The number of benzene rings is 2. The van der Waals surface area contributed by atoms with Crippen molar-refractivity contribution in [2.75, 3.05) is 0 Å². The quantitative estimate of drug-likeness (QED) is 0.728. The molecule has 2 aromatic rings. The predicted octanol–water partition coefficient (Wildman–Crippen LogP) is 5.07. The second kappa shape index (κ2) is 5.89. The molecule has 0 aromatic heterocycles. The van der Waals surface area contributed by atoms with E-state index in [-0.39, 0.29) is 0 Å². The van der Waals surface area contributed by atoms with Crippen LogP contribution in [0.3, 0.4) is 0 Å². The Balaban J connectivity index is 2.26. The lowest BCUT2D eigenvalue weighted by atomic mass is 10.0. The van der Waals surface area contributed by atoms with Crippen LogP contribution in [0.2, 0.25) is 5.02 Å². The fraction of sp³-hybridized carbons (Fsp3) is 0.188. The highest BCUT2D eigenvalue weighted by atomic mass is 35.5. The fourth-order valence-corrected chi connectivity index (χ4v) is 1.96. The molecular formula is C16H15ClO2. The molecule has 2 rings (SSSR count). The van der Waals surface area contributed by atoms with E-state index in [9.17, 15) is 4.79 Å². The third-order valence-electron chi connectivity index (χ3n) is 2.84. The van der Waals surface area contributed by atoms with E-state index in [4.69, 9.17) is 16.3 Å². The van der Waals surface area contributed by atoms with E-state index in [1.165, 1.54) is 5.56 Å². The summed E-state index contributed by atoms with van der Waals surface area (Å²) in [5, 5.41) is 0.430. The van der Waals surface area contributed by atoms with Crippen molar-refractivity contribution < 1.29 is 9.53 Å². The highest BCUT2D eigenvalue weighted by molar-refractivity contribution is 6.32.